The van der Waals surface area contributed by atoms with Crippen molar-refractivity contribution in [2.75, 3.05) is 25.1 Å². The average Bonchev–Trinajstić information content (AvgIpc) is 2.42. The molecule has 1 rings (SSSR count). The lowest BCUT2D eigenvalue weighted by Crippen LogP contribution is -2.31. The number of hydrogen-bond acceptors (Lipinski definition) is 5. The maximum Gasteiger partial charge on any atom is 0.204 e. The third-order valence-corrected chi connectivity index (χ3v) is 3.01. The maximum atomic E-state index is 8.43. The van der Waals surface area contributed by atoms with Gasteiger partial charge < -0.3 is 5.32 Å². The summed E-state index contributed by atoms with van der Waals surface area (Å²) in [7, 11) is 1.73. The molecule has 0 aliphatic heterocycles. The lowest BCUT2D eigenvalue weighted by atomic mass is 10.3. The number of guanidine groups is 1. The van der Waals surface area contributed by atoms with Crippen LogP contribution in [0.25, 0.3) is 0 Å². The van der Waals surface area contributed by atoms with Crippen LogP contribution >= 0.6 is 11.8 Å². The molecule has 96 valence electrons. The normalized spacial score (nSPS) is 10.8. The quantitative estimate of drug-likeness (QED) is 0.254. The molecule has 0 saturated heterocycles. The summed E-state index contributed by atoms with van der Waals surface area (Å²) in [4.78, 5) is 4.20. The monoisotopic (exact) mass is 264 g/mol. The summed E-state index contributed by atoms with van der Waals surface area (Å²) in [6, 6.07) is 3.87. The van der Waals surface area contributed by atoms with Gasteiger partial charge in [-0.25, -0.2) is 0 Å². The molecule has 2 N–H and O–H groups in total. The van der Waals surface area contributed by atoms with E-state index in [0.717, 1.165) is 23.6 Å². The van der Waals surface area contributed by atoms with E-state index in [0.29, 0.717) is 12.5 Å². The van der Waals surface area contributed by atoms with Gasteiger partial charge >= 0.3 is 0 Å². The van der Waals surface area contributed by atoms with Crippen molar-refractivity contribution < 1.29 is 0 Å². The minimum atomic E-state index is 0.507. The summed E-state index contributed by atoms with van der Waals surface area (Å²) < 4.78 is 0. The number of hydrogen-bond donors (Lipinski definition) is 2. The highest BCUT2D eigenvalue weighted by Gasteiger charge is 1.95. The molecule has 7 heteroatoms. The largest absolute Gasteiger partial charge is 0.359 e. The van der Waals surface area contributed by atoms with Crippen molar-refractivity contribution in [3.8, 4) is 6.19 Å². The minimum absolute atomic E-state index is 0.507. The molecule has 6 nitrogen and oxygen atoms in total. The number of aliphatic imine (C=N–C) groups is 1. The second kappa shape index (κ2) is 9.24. The highest BCUT2D eigenvalue weighted by atomic mass is 32.2. The average molecular weight is 264 g/mol. The van der Waals surface area contributed by atoms with E-state index in [-0.39, 0.29) is 0 Å². The minimum Gasteiger partial charge on any atom is -0.359 e. The second-order valence-corrected chi connectivity index (χ2v) is 4.52. The molecule has 1 aromatic heterocycles. The molecule has 0 atom stereocenters. The molecular formula is C11H16N6S. The van der Waals surface area contributed by atoms with Crippen LogP contribution in [0.15, 0.2) is 23.3 Å². The van der Waals surface area contributed by atoms with Gasteiger partial charge in [0.2, 0.25) is 5.96 Å². The summed E-state index contributed by atoms with van der Waals surface area (Å²) >= 11 is 1.81. The van der Waals surface area contributed by atoms with Gasteiger partial charge in [0.05, 0.1) is 12.2 Å². The first kappa shape index (κ1) is 14.3. The van der Waals surface area contributed by atoms with E-state index in [1.807, 2.05) is 18.3 Å². The maximum absolute atomic E-state index is 8.43. The second-order valence-electron chi connectivity index (χ2n) is 3.29. The smallest absolute Gasteiger partial charge is 0.204 e. The van der Waals surface area contributed by atoms with Gasteiger partial charge in [-0.3, -0.25) is 10.3 Å². The van der Waals surface area contributed by atoms with Crippen LogP contribution in [0.2, 0.25) is 0 Å². The van der Waals surface area contributed by atoms with Crippen molar-refractivity contribution in [3.05, 3.63) is 24.0 Å². The summed E-state index contributed by atoms with van der Waals surface area (Å²) in [5.41, 5.74) is 1.01. The van der Waals surface area contributed by atoms with E-state index < -0.39 is 0 Å². The first-order valence-corrected chi connectivity index (χ1v) is 6.74. The van der Waals surface area contributed by atoms with Gasteiger partial charge in [-0.15, -0.1) is 0 Å². The van der Waals surface area contributed by atoms with Gasteiger partial charge in [-0.2, -0.15) is 27.2 Å². The van der Waals surface area contributed by atoms with E-state index >= 15 is 0 Å². The van der Waals surface area contributed by atoms with Gasteiger partial charge in [-0.1, -0.05) is 0 Å². The van der Waals surface area contributed by atoms with Gasteiger partial charge in [0.1, 0.15) is 0 Å². The van der Waals surface area contributed by atoms with E-state index in [4.69, 9.17) is 5.26 Å². The van der Waals surface area contributed by atoms with Gasteiger partial charge in [0.15, 0.2) is 6.19 Å². The summed E-state index contributed by atoms with van der Waals surface area (Å²) in [6.45, 7) is 0.677. The third-order valence-electron chi connectivity index (χ3n) is 2.05. The molecule has 0 aromatic carbocycles. The molecule has 0 fully saturated rings. The lowest BCUT2D eigenvalue weighted by Gasteiger charge is -2.02. The predicted molar refractivity (Wildman–Crippen MR) is 73.2 cm³/mol. The van der Waals surface area contributed by atoms with Crippen LogP contribution in [0.1, 0.15) is 5.69 Å². The molecule has 1 heterocycles. The molecule has 0 amide bonds. The van der Waals surface area contributed by atoms with Crippen molar-refractivity contribution in [2.24, 2.45) is 4.99 Å². The van der Waals surface area contributed by atoms with Crippen LogP contribution in [-0.2, 0) is 6.42 Å². The van der Waals surface area contributed by atoms with Crippen molar-refractivity contribution >= 4 is 17.7 Å². The van der Waals surface area contributed by atoms with Crippen molar-refractivity contribution in [3.63, 3.8) is 0 Å². The Bertz CT molecular complexity index is 400. The summed E-state index contributed by atoms with van der Waals surface area (Å²) in [5.74, 6) is 2.42. The first-order valence-electron chi connectivity index (χ1n) is 5.58. The lowest BCUT2D eigenvalue weighted by molar-refractivity contribution is 0.923. The Hall–Kier alpha value is -1.81. The number of aromatic nitrogens is 2. The van der Waals surface area contributed by atoms with Crippen LogP contribution in [0, 0.1) is 11.5 Å². The van der Waals surface area contributed by atoms with E-state index in [2.05, 4.69) is 25.8 Å². The molecule has 0 bridgehead atoms. The predicted octanol–water partition coefficient (Wildman–Crippen LogP) is 0.398. The fourth-order valence-corrected chi connectivity index (χ4v) is 1.98. The molecular weight excluding hydrogens is 248 g/mol. The number of nitrogens with zero attached hydrogens (tertiary/aromatic N) is 4. The van der Waals surface area contributed by atoms with Gasteiger partial charge in [0, 0.05) is 25.4 Å². The SMILES string of the molecule is CN/C(=N/CCSCCc1cccnn1)NC#N. The van der Waals surface area contributed by atoms with E-state index in [1.165, 1.54) is 0 Å². The van der Waals surface area contributed by atoms with E-state index in [1.54, 1.807) is 25.0 Å². The van der Waals surface area contributed by atoms with Crippen molar-refractivity contribution in [1.82, 2.24) is 20.8 Å². The zero-order chi connectivity index (χ0) is 13.1. The number of nitriles is 1. The van der Waals surface area contributed by atoms with Crippen molar-refractivity contribution in [1.29, 1.82) is 5.26 Å². The van der Waals surface area contributed by atoms with Crippen LogP contribution in [0.4, 0.5) is 0 Å². The molecule has 0 aliphatic rings. The van der Waals surface area contributed by atoms with Crippen molar-refractivity contribution in [2.45, 2.75) is 6.42 Å². The highest BCUT2D eigenvalue weighted by Crippen LogP contribution is 2.03. The Morgan fingerprint density at radius 3 is 3.11 bits per heavy atom. The molecule has 0 aliphatic carbocycles. The fourth-order valence-electron chi connectivity index (χ4n) is 1.20. The molecule has 0 radical (unpaired) electrons. The standard InChI is InChI=1S/C11H16N6S/c1-13-11(15-9-12)14-6-8-18-7-4-10-3-2-5-16-17-10/h2-3,5H,4,6-8H2,1H3,(H2,13,14,15). The molecule has 0 spiro atoms. The summed E-state index contributed by atoms with van der Waals surface area (Å²) in [6.07, 6.45) is 4.41. The molecule has 0 unspecified atom stereocenters. The Kier molecular flexibility index (Phi) is 7.32. The van der Waals surface area contributed by atoms with Gasteiger partial charge in [0.25, 0.3) is 0 Å². The molecule has 18 heavy (non-hydrogen) atoms. The Balaban J connectivity index is 2.10. The summed E-state index contributed by atoms with van der Waals surface area (Å²) in [5, 5.41) is 21.6. The fraction of sp³-hybridized carbons (Fsp3) is 0.455. The zero-order valence-electron chi connectivity index (χ0n) is 10.3. The number of aryl methyl sites for hydroxylation is 1. The number of nitrogens with one attached hydrogen (secondary N) is 2. The Morgan fingerprint density at radius 1 is 1.56 bits per heavy atom. The highest BCUT2D eigenvalue weighted by molar-refractivity contribution is 7.99. The van der Waals surface area contributed by atoms with Crippen LogP contribution in [0.5, 0.6) is 0 Å². The Labute approximate surface area is 111 Å². The number of thioether (sulfide) groups is 1. The third kappa shape index (κ3) is 6.06. The van der Waals surface area contributed by atoms with Crippen LogP contribution < -0.4 is 10.6 Å². The van der Waals surface area contributed by atoms with Crippen LogP contribution in [-0.4, -0.2) is 41.3 Å². The molecule has 0 saturated carbocycles. The van der Waals surface area contributed by atoms with E-state index in [9.17, 15) is 0 Å². The molecule has 1 aromatic rings. The number of rotatable bonds is 6. The first-order chi connectivity index (χ1) is 8.86. The zero-order valence-corrected chi connectivity index (χ0v) is 11.1. The Morgan fingerprint density at radius 2 is 2.44 bits per heavy atom. The van der Waals surface area contributed by atoms with Gasteiger partial charge in [-0.05, 0) is 17.9 Å². The topological polar surface area (TPSA) is 86.0 Å². The van der Waals surface area contributed by atoms with Crippen LogP contribution in [0.3, 0.4) is 0 Å².